The summed E-state index contributed by atoms with van der Waals surface area (Å²) in [5.41, 5.74) is 0. The molecule has 180 valence electrons. The number of halogens is 16. The van der Waals surface area contributed by atoms with Gasteiger partial charge in [0.25, 0.3) is 0 Å². The smallest absolute Gasteiger partial charge is 0.250 e. The van der Waals surface area contributed by atoms with Crippen LogP contribution in [0.5, 0.6) is 0 Å². The lowest BCUT2D eigenvalue weighted by Crippen LogP contribution is -2.24. The summed E-state index contributed by atoms with van der Waals surface area (Å²) in [6.07, 6.45) is -8.72. The second-order valence-electron chi connectivity index (χ2n) is 3.33. The van der Waals surface area contributed by atoms with Gasteiger partial charge in [-0.3, -0.25) is 4.39 Å². The van der Waals surface area contributed by atoms with Crippen molar-refractivity contribution < 1.29 is 70.2 Å². The van der Waals surface area contributed by atoms with Crippen molar-refractivity contribution in [3.63, 3.8) is 0 Å². The van der Waals surface area contributed by atoms with E-state index in [1.165, 1.54) is 0 Å². The fraction of sp³-hybridized carbons (Fsp3) is 1.00. The monoisotopic (exact) mass is 468 g/mol. The maximum absolute atomic E-state index is 11.7. The predicted molar refractivity (Wildman–Crippen MR) is 70.8 cm³/mol. The van der Waals surface area contributed by atoms with E-state index >= 15 is 0 Å². The molecule has 0 saturated carbocycles. The molecule has 16 heteroatoms. The molecule has 0 spiro atoms. The Hall–Kier alpha value is -1.12. The molecule has 0 aliphatic heterocycles. The zero-order chi connectivity index (χ0) is 24.2. The Balaban J connectivity index is -0.0000000576. The molecule has 0 saturated heterocycles. The van der Waals surface area contributed by atoms with Crippen molar-refractivity contribution in [2.75, 3.05) is 41.1 Å². The van der Waals surface area contributed by atoms with Gasteiger partial charge in [0.1, 0.15) is 6.67 Å². The van der Waals surface area contributed by atoms with Crippen LogP contribution in [-0.2, 0) is 0 Å². The first-order valence-corrected chi connectivity index (χ1v) is 6.47. The summed E-state index contributed by atoms with van der Waals surface area (Å²) in [5.74, 6) is -1.75. The van der Waals surface area contributed by atoms with Gasteiger partial charge in [-0.15, -0.1) is 0 Å². The Kier molecular flexibility index (Phi) is 49.4. The van der Waals surface area contributed by atoms with Crippen molar-refractivity contribution in [1.29, 1.82) is 0 Å². The number of rotatable bonds is 3. The molecule has 0 aromatic carbocycles. The largest absolute Gasteiger partial charge is 0.416 e. The minimum Gasteiger partial charge on any atom is -0.250 e. The van der Waals surface area contributed by atoms with E-state index in [-0.39, 0.29) is 6.42 Å². The van der Waals surface area contributed by atoms with Crippen molar-refractivity contribution in [2.45, 2.75) is 32.1 Å². The highest BCUT2D eigenvalue weighted by Crippen LogP contribution is 2.29. The highest BCUT2D eigenvalue weighted by Gasteiger charge is 2.38. The molecule has 0 aromatic rings. The molecule has 0 aromatic heterocycles. The molecule has 0 fully saturated rings. The first-order chi connectivity index (χ1) is 12.7. The Morgan fingerprint density at radius 3 is 0.821 bits per heavy atom. The lowest BCUT2D eigenvalue weighted by Gasteiger charge is -2.15. The molecule has 0 heterocycles. The second-order valence-corrected chi connectivity index (χ2v) is 3.33. The summed E-state index contributed by atoms with van der Waals surface area (Å²) < 4.78 is 165. The van der Waals surface area contributed by atoms with Gasteiger partial charge in [0.15, 0.2) is 6.67 Å². The third-order valence-corrected chi connectivity index (χ3v) is 1.44. The van der Waals surface area contributed by atoms with Crippen LogP contribution in [0.15, 0.2) is 0 Å². The van der Waals surface area contributed by atoms with E-state index in [4.69, 9.17) is 0 Å². The highest BCUT2D eigenvalue weighted by molar-refractivity contribution is 4.65. The predicted octanol–water partition coefficient (Wildman–Crippen LogP) is 7.98. The van der Waals surface area contributed by atoms with Gasteiger partial charge in [-0.1, -0.05) is 13.3 Å². The molecular formula is C12H20F16. The maximum Gasteiger partial charge on any atom is 0.416 e. The van der Waals surface area contributed by atoms with E-state index in [0.717, 1.165) is 0 Å². The van der Waals surface area contributed by atoms with E-state index in [0.29, 0.717) is 6.42 Å². The van der Waals surface area contributed by atoms with Crippen molar-refractivity contribution in [3.05, 3.63) is 0 Å². The third kappa shape index (κ3) is 85.5. The lowest BCUT2D eigenvalue weighted by atomic mass is 10.1. The Bertz CT molecular complexity index is 209. The van der Waals surface area contributed by atoms with Crippen LogP contribution in [0.3, 0.4) is 0 Å². The molecule has 0 amide bonds. The molecule has 1 atom stereocenters. The molecule has 1 unspecified atom stereocenters. The second kappa shape index (κ2) is 33.5. The molecular weight excluding hydrogens is 448 g/mol. The molecule has 0 radical (unpaired) electrons. The molecule has 0 nitrogen and oxygen atoms in total. The van der Waals surface area contributed by atoms with E-state index in [2.05, 4.69) is 0 Å². The number of alkyl halides is 16. The van der Waals surface area contributed by atoms with E-state index in [1.54, 1.807) is 6.92 Å². The average molecular weight is 468 g/mol. The third-order valence-electron chi connectivity index (χ3n) is 1.44. The standard InChI is InChI=1S/C6H10F4.C2H2F4.4CH2F2/c1-2-3-5(4-7)6(8,9)10;3-1-2(4,5)6;4*2-1-3/h5H,2-4H2,1H3;1H2;4*1H2. The van der Waals surface area contributed by atoms with Crippen LogP contribution in [0.25, 0.3) is 0 Å². The van der Waals surface area contributed by atoms with Gasteiger partial charge in [-0.25, -0.2) is 39.5 Å². The summed E-state index contributed by atoms with van der Waals surface area (Å²) in [4.78, 5) is 0. The Morgan fingerprint density at radius 1 is 0.571 bits per heavy atom. The molecule has 28 heavy (non-hydrogen) atoms. The summed E-state index contributed by atoms with van der Waals surface area (Å²) in [7, 11) is 0. The molecule has 0 rings (SSSR count). The van der Waals surface area contributed by atoms with Gasteiger partial charge in [-0.2, -0.15) is 26.3 Å². The number of hydrogen-bond acceptors (Lipinski definition) is 0. The van der Waals surface area contributed by atoms with Gasteiger partial charge in [-0.05, 0) is 6.42 Å². The Labute approximate surface area is 150 Å². The highest BCUT2D eigenvalue weighted by atomic mass is 19.4. The first-order valence-electron chi connectivity index (χ1n) is 6.47. The minimum absolute atomic E-state index is 0.111. The van der Waals surface area contributed by atoms with Gasteiger partial charge >= 0.3 is 12.4 Å². The molecule has 0 aliphatic rings. The average Bonchev–Trinajstić information content (AvgIpc) is 2.54. The number of hydrogen-bond donors (Lipinski definition) is 0. The summed E-state index contributed by atoms with van der Waals surface area (Å²) in [6.45, 7) is -8.92. The summed E-state index contributed by atoms with van der Waals surface area (Å²) in [6, 6.07) is 0. The van der Waals surface area contributed by atoms with E-state index in [9.17, 15) is 70.2 Å². The van der Waals surface area contributed by atoms with Crippen molar-refractivity contribution in [2.24, 2.45) is 5.92 Å². The fourth-order valence-corrected chi connectivity index (χ4v) is 0.677. The minimum atomic E-state index is -4.62. The molecule has 0 bridgehead atoms. The van der Waals surface area contributed by atoms with Crippen LogP contribution in [0.4, 0.5) is 70.2 Å². The first kappa shape index (κ1) is 41.3. The van der Waals surface area contributed by atoms with Crippen molar-refractivity contribution in [3.8, 4) is 0 Å². The summed E-state index contributed by atoms with van der Waals surface area (Å²) >= 11 is 0. The zero-order valence-electron chi connectivity index (χ0n) is 14.3. The van der Waals surface area contributed by atoms with Crippen molar-refractivity contribution in [1.82, 2.24) is 0 Å². The van der Waals surface area contributed by atoms with Crippen LogP contribution in [-0.4, -0.2) is 53.4 Å². The van der Waals surface area contributed by atoms with Crippen LogP contribution >= 0.6 is 0 Å². The Morgan fingerprint density at radius 2 is 0.786 bits per heavy atom. The quantitative estimate of drug-likeness (QED) is 0.369. The summed E-state index contributed by atoms with van der Waals surface area (Å²) in [5, 5.41) is 0. The maximum atomic E-state index is 11.7. The van der Waals surface area contributed by atoms with Gasteiger partial charge in [0.2, 0.25) is 27.7 Å². The SMILES string of the molecule is CCCC(CF)C(F)(F)F.FCC(F)(F)F.FCF.FCF.FCF.FCF. The van der Waals surface area contributed by atoms with Crippen LogP contribution in [0.1, 0.15) is 19.8 Å². The van der Waals surface area contributed by atoms with Gasteiger partial charge < -0.3 is 0 Å². The van der Waals surface area contributed by atoms with E-state index in [1.807, 2.05) is 0 Å². The fourth-order valence-electron chi connectivity index (χ4n) is 0.677. The van der Waals surface area contributed by atoms with Gasteiger partial charge in [0, 0.05) is 0 Å². The normalized spacial score (nSPS) is 10.6. The molecule has 0 N–H and O–H groups in total. The van der Waals surface area contributed by atoms with Crippen LogP contribution in [0, 0.1) is 5.92 Å². The topological polar surface area (TPSA) is 0 Å². The zero-order valence-corrected chi connectivity index (χ0v) is 14.3. The van der Waals surface area contributed by atoms with E-state index < -0.39 is 59.3 Å². The lowest BCUT2D eigenvalue weighted by molar-refractivity contribution is -0.180. The van der Waals surface area contributed by atoms with Crippen LogP contribution in [0.2, 0.25) is 0 Å². The van der Waals surface area contributed by atoms with Crippen molar-refractivity contribution >= 4 is 0 Å². The molecule has 0 aliphatic carbocycles. The van der Waals surface area contributed by atoms with Crippen LogP contribution < -0.4 is 0 Å². The van der Waals surface area contributed by atoms with Gasteiger partial charge in [0.05, 0.1) is 5.92 Å².